The van der Waals surface area contributed by atoms with Crippen LogP contribution in [0.3, 0.4) is 0 Å². The summed E-state index contributed by atoms with van der Waals surface area (Å²) in [6.45, 7) is 32.7. The number of phenols is 2. The largest absolute Gasteiger partial charge is 0.506 e. The number of hydrogen-bond donors (Lipinski definition) is 4. The van der Waals surface area contributed by atoms with E-state index in [-0.39, 0.29) is 62.4 Å². The summed E-state index contributed by atoms with van der Waals surface area (Å²) in [5, 5.41) is 39.5. The van der Waals surface area contributed by atoms with Gasteiger partial charge >= 0.3 is 5.97 Å². The number of ether oxygens (including phenoxy) is 3. The van der Waals surface area contributed by atoms with Crippen molar-refractivity contribution in [1.82, 2.24) is 10.6 Å². The van der Waals surface area contributed by atoms with Crippen LogP contribution in [0, 0.1) is 0 Å². The van der Waals surface area contributed by atoms with E-state index in [4.69, 9.17) is 14.2 Å². The molecule has 83 heavy (non-hydrogen) atoms. The third-order valence-corrected chi connectivity index (χ3v) is 16.8. The lowest BCUT2D eigenvalue weighted by molar-refractivity contribution is 0.0526. The quantitative estimate of drug-likeness (QED) is 0.0263. The normalized spacial score (nSPS) is 12.8. The molecule has 0 saturated carbocycles. The van der Waals surface area contributed by atoms with Gasteiger partial charge in [0.25, 0.3) is 11.8 Å². The zero-order valence-corrected chi connectivity index (χ0v) is 51.9. The first-order valence-corrected chi connectivity index (χ1v) is 29.8. The molecule has 0 fully saturated rings. The predicted octanol–water partition coefficient (Wildman–Crippen LogP) is 18.3. The molecule has 7 rings (SSSR count). The number of amides is 2. The SMILES string of the molecule is CCCC(NC(=O)c1cc(N=Nc2ccccc2C(=O)OCC)c2ccccc2c1O)Oc1ccc(C(C)(C)CC)cc1C(C)(C)CC.CCCC(NC(=O)c1ccc2ccccc2c1O)Oc1ccc(C(C)(C)CC)cc1C(C)(C)CC. The lowest BCUT2D eigenvalue weighted by Gasteiger charge is -2.32. The molecule has 0 aliphatic heterocycles. The molecule has 0 radical (unpaired) electrons. The molecule has 0 heterocycles. The second-order valence-corrected chi connectivity index (χ2v) is 24.1. The Morgan fingerprint density at radius 2 is 0.916 bits per heavy atom. The van der Waals surface area contributed by atoms with Crippen LogP contribution in [0.2, 0.25) is 0 Å². The maximum absolute atomic E-state index is 13.9. The number of esters is 1. The number of carbonyl (C=O) groups excluding carboxylic acids is 3. The van der Waals surface area contributed by atoms with Gasteiger partial charge in [-0.1, -0.05) is 201 Å². The third-order valence-electron chi connectivity index (χ3n) is 16.8. The number of hydrogen-bond acceptors (Lipinski definition) is 10. The van der Waals surface area contributed by atoms with Crippen LogP contribution in [0.4, 0.5) is 11.4 Å². The lowest BCUT2D eigenvalue weighted by atomic mass is 9.76. The van der Waals surface area contributed by atoms with Gasteiger partial charge < -0.3 is 35.1 Å². The van der Waals surface area contributed by atoms with Gasteiger partial charge in [-0.15, -0.1) is 10.2 Å². The van der Waals surface area contributed by atoms with Crippen LogP contribution >= 0.6 is 0 Å². The second kappa shape index (κ2) is 28.0. The number of carbonyl (C=O) groups is 3. The van der Waals surface area contributed by atoms with E-state index < -0.39 is 24.3 Å². The molecule has 0 bridgehead atoms. The maximum atomic E-state index is 13.9. The van der Waals surface area contributed by atoms with Crippen LogP contribution in [-0.4, -0.2) is 47.1 Å². The molecule has 2 atom stereocenters. The summed E-state index contributed by atoms with van der Waals surface area (Å²) >= 11 is 0. The van der Waals surface area contributed by atoms with Crippen LogP contribution in [0.5, 0.6) is 23.0 Å². The van der Waals surface area contributed by atoms with Crippen LogP contribution in [-0.2, 0) is 26.4 Å². The highest BCUT2D eigenvalue weighted by Gasteiger charge is 2.31. The zero-order chi connectivity index (χ0) is 60.9. The van der Waals surface area contributed by atoms with Crippen molar-refractivity contribution < 1.29 is 38.8 Å². The minimum Gasteiger partial charge on any atom is -0.506 e. The Labute approximate surface area is 493 Å². The molecule has 0 aliphatic carbocycles. The summed E-state index contributed by atoms with van der Waals surface area (Å²) < 4.78 is 18.2. The molecule has 7 aromatic rings. The second-order valence-electron chi connectivity index (χ2n) is 24.1. The molecule has 2 unspecified atom stereocenters. The van der Waals surface area contributed by atoms with Crippen molar-refractivity contribution >= 4 is 50.7 Å². The molecule has 0 saturated heterocycles. The maximum Gasteiger partial charge on any atom is 0.340 e. The van der Waals surface area contributed by atoms with Crippen LogP contribution in [0.15, 0.2) is 138 Å². The van der Waals surface area contributed by atoms with Gasteiger partial charge in [-0.3, -0.25) is 9.59 Å². The summed E-state index contributed by atoms with van der Waals surface area (Å²) in [4.78, 5) is 39.6. The smallest absolute Gasteiger partial charge is 0.340 e. The van der Waals surface area contributed by atoms with E-state index in [1.165, 1.54) is 17.2 Å². The molecule has 4 N–H and O–H groups in total. The number of benzene rings is 7. The predicted molar refractivity (Wildman–Crippen MR) is 338 cm³/mol. The average Bonchev–Trinajstić information content (AvgIpc) is 3.67. The molecule has 442 valence electrons. The fourth-order valence-electron chi connectivity index (χ4n) is 9.64. The van der Waals surface area contributed by atoms with E-state index in [1.54, 1.807) is 55.5 Å². The van der Waals surface area contributed by atoms with Gasteiger partial charge in [0, 0.05) is 40.1 Å². The summed E-state index contributed by atoms with van der Waals surface area (Å²) in [6.07, 6.45) is 5.61. The van der Waals surface area contributed by atoms with Crippen molar-refractivity contribution in [2.45, 2.75) is 189 Å². The van der Waals surface area contributed by atoms with Gasteiger partial charge in [0.2, 0.25) is 0 Å². The first-order valence-electron chi connectivity index (χ1n) is 29.8. The minimum absolute atomic E-state index is 0.00481. The monoisotopic (exact) mass is 1130 g/mol. The molecule has 0 spiro atoms. The van der Waals surface area contributed by atoms with Gasteiger partial charge in [-0.05, 0) is 107 Å². The Balaban J connectivity index is 0.000000280. The standard InChI is InChI=1S/C40H49N3O5.C31H41NO3/c1-9-17-35(48-34-23-22-26(39(5,6)10-2)24-31(34)40(7,8)11-3)41-37(45)30-25-33(27-18-13-14-19-28(27)36(30)44)43-42-32-21-16-15-20-29(32)38(46)47-12-4;1-8-13-27(32-29(34)24-18-16-21-14-11-12-15-23(21)28(24)33)35-26-19-17-22(30(4,5)9-2)20-25(26)31(6,7)10-3/h13-16,18-25,35,44H,9-12,17H2,1-8H3,(H,41,45);11-12,14-20,27,33H,8-10,13H2,1-7H3,(H,32,34). The minimum atomic E-state index is -0.647. The highest BCUT2D eigenvalue weighted by molar-refractivity contribution is 6.08. The van der Waals surface area contributed by atoms with Gasteiger partial charge in [0.05, 0.1) is 29.0 Å². The Morgan fingerprint density at radius 3 is 1.42 bits per heavy atom. The summed E-state index contributed by atoms with van der Waals surface area (Å²) in [7, 11) is 0. The van der Waals surface area contributed by atoms with Crippen molar-refractivity contribution in [1.29, 1.82) is 0 Å². The number of phenolic OH excluding ortho intramolecular Hbond substituents is 2. The van der Waals surface area contributed by atoms with Crippen LogP contribution in [0.1, 0.15) is 209 Å². The Hall–Kier alpha value is -7.73. The topological polar surface area (TPSA) is 168 Å². The first kappa shape index (κ1) is 64.4. The number of nitrogens with zero attached hydrogens (tertiary/aromatic N) is 2. The fourth-order valence-corrected chi connectivity index (χ4v) is 9.64. The van der Waals surface area contributed by atoms with Gasteiger partial charge in [0.15, 0.2) is 12.5 Å². The number of rotatable bonds is 24. The number of nitrogens with one attached hydrogen (secondary N) is 2. The molecule has 0 aliphatic rings. The molecule has 7 aromatic carbocycles. The molecule has 12 nitrogen and oxygen atoms in total. The van der Waals surface area contributed by atoms with E-state index in [9.17, 15) is 24.6 Å². The van der Waals surface area contributed by atoms with Gasteiger partial charge in [-0.25, -0.2) is 4.79 Å². The number of fused-ring (bicyclic) bond motifs is 2. The fraction of sp³-hybridized carbons (Fsp3) is 0.423. The Morgan fingerprint density at radius 1 is 0.470 bits per heavy atom. The summed E-state index contributed by atoms with van der Waals surface area (Å²) in [5.74, 6) is 0.0198. The molecular formula is C71H90N4O8. The average molecular weight is 1130 g/mol. The van der Waals surface area contributed by atoms with Crippen molar-refractivity contribution in [2.24, 2.45) is 10.2 Å². The Bertz CT molecular complexity index is 3410. The van der Waals surface area contributed by atoms with E-state index in [0.717, 1.165) is 66.5 Å². The van der Waals surface area contributed by atoms with Crippen molar-refractivity contribution in [3.8, 4) is 23.0 Å². The van der Waals surface area contributed by atoms with Gasteiger partial charge in [0.1, 0.15) is 28.7 Å². The lowest BCUT2D eigenvalue weighted by Crippen LogP contribution is -2.39. The highest BCUT2D eigenvalue weighted by Crippen LogP contribution is 2.42. The van der Waals surface area contributed by atoms with Crippen LogP contribution in [0.25, 0.3) is 21.5 Å². The van der Waals surface area contributed by atoms with Gasteiger partial charge in [-0.2, -0.15) is 0 Å². The number of azo groups is 1. The van der Waals surface area contributed by atoms with E-state index in [1.807, 2.05) is 49.4 Å². The van der Waals surface area contributed by atoms with Crippen molar-refractivity contribution in [3.63, 3.8) is 0 Å². The summed E-state index contributed by atoms with van der Waals surface area (Å²) in [6, 6.07) is 39.3. The van der Waals surface area contributed by atoms with Crippen molar-refractivity contribution in [3.05, 3.63) is 166 Å². The Kier molecular flexibility index (Phi) is 21.8. The van der Waals surface area contributed by atoms with E-state index in [0.29, 0.717) is 40.4 Å². The third kappa shape index (κ3) is 15.5. The molecule has 2 amide bonds. The highest BCUT2D eigenvalue weighted by atomic mass is 16.5. The molecule has 12 heteroatoms. The molecular weight excluding hydrogens is 1040 g/mol. The zero-order valence-electron chi connectivity index (χ0n) is 51.9. The first-order chi connectivity index (χ1) is 39.4. The van der Waals surface area contributed by atoms with Crippen molar-refractivity contribution in [2.75, 3.05) is 6.61 Å². The summed E-state index contributed by atoms with van der Waals surface area (Å²) in [5.41, 5.74) is 5.91. The van der Waals surface area contributed by atoms with E-state index in [2.05, 4.69) is 141 Å². The molecule has 0 aromatic heterocycles. The van der Waals surface area contributed by atoms with E-state index >= 15 is 0 Å². The number of aromatic hydroxyl groups is 2. The van der Waals surface area contributed by atoms with Crippen LogP contribution < -0.4 is 20.1 Å².